The number of carbonyl (C=O) groups excluding carboxylic acids is 2. The van der Waals surface area contributed by atoms with Crippen molar-refractivity contribution in [3.63, 3.8) is 0 Å². The highest BCUT2D eigenvalue weighted by Gasteiger charge is 2.44. The average molecular weight is 544 g/mol. The maximum atomic E-state index is 14.1. The van der Waals surface area contributed by atoms with Gasteiger partial charge in [-0.15, -0.1) is 11.3 Å². The molecule has 2 amide bonds. The van der Waals surface area contributed by atoms with Gasteiger partial charge in [-0.2, -0.15) is 13.2 Å². The van der Waals surface area contributed by atoms with Crippen LogP contribution in [0, 0.1) is 0 Å². The molecule has 200 valence electrons. The maximum absolute atomic E-state index is 14.1. The average Bonchev–Trinajstić information content (AvgIpc) is 3.66. The number of amides is 2. The van der Waals surface area contributed by atoms with Gasteiger partial charge in [-0.3, -0.25) is 9.59 Å². The van der Waals surface area contributed by atoms with Gasteiger partial charge in [0.2, 0.25) is 0 Å². The molecule has 3 fully saturated rings. The molecule has 2 aromatic heterocycles. The number of hydrogen-bond acceptors (Lipinski definition) is 6. The summed E-state index contributed by atoms with van der Waals surface area (Å²) >= 11 is 0.825. The van der Waals surface area contributed by atoms with Gasteiger partial charge >= 0.3 is 6.18 Å². The molecule has 1 saturated carbocycles. The zero-order chi connectivity index (χ0) is 26.3. The van der Waals surface area contributed by atoms with Crippen LogP contribution in [0.15, 0.2) is 12.3 Å². The predicted molar refractivity (Wildman–Crippen MR) is 127 cm³/mol. The highest BCUT2D eigenvalue weighted by atomic mass is 32.1. The minimum absolute atomic E-state index is 0.00860. The third-order valence-corrected chi connectivity index (χ3v) is 8.37. The van der Waals surface area contributed by atoms with Gasteiger partial charge in [-0.1, -0.05) is 12.8 Å². The zero-order valence-electron chi connectivity index (χ0n) is 19.8. The van der Waals surface area contributed by atoms with E-state index in [1.807, 2.05) is 5.32 Å². The van der Waals surface area contributed by atoms with Gasteiger partial charge in [0.15, 0.2) is 5.01 Å². The van der Waals surface area contributed by atoms with E-state index in [1.54, 1.807) is 4.90 Å². The molecular weight excluding hydrogens is 517 g/mol. The van der Waals surface area contributed by atoms with E-state index in [-0.39, 0.29) is 45.1 Å². The Bertz CT molecular complexity index is 1160. The first kappa shape index (κ1) is 25.8. The van der Waals surface area contributed by atoms with Crippen LogP contribution in [0.3, 0.4) is 0 Å². The van der Waals surface area contributed by atoms with Gasteiger partial charge in [0.05, 0.1) is 4.88 Å². The molecule has 1 aliphatic carbocycles. The second-order valence-electron chi connectivity index (χ2n) is 9.75. The van der Waals surface area contributed by atoms with Crippen LogP contribution in [-0.2, 0) is 0 Å². The van der Waals surface area contributed by atoms with Crippen molar-refractivity contribution in [3.8, 4) is 10.4 Å². The van der Waals surface area contributed by atoms with Gasteiger partial charge in [0.1, 0.15) is 18.1 Å². The summed E-state index contributed by atoms with van der Waals surface area (Å²) in [5.41, 5.74) is -0.815. The van der Waals surface area contributed by atoms with Crippen LogP contribution in [-0.4, -0.2) is 57.5 Å². The molecule has 0 unspecified atom stereocenters. The first-order valence-corrected chi connectivity index (χ1v) is 13.2. The first-order valence-electron chi connectivity index (χ1n) is 12.3. The summed E-state index contributed by atoms with van der Waals surface area (Å²) in [6, 6.07) is 0.928. The quantitative estimate of drug-likeness (QED) is 0.447. The molecule has 7 nitrogen and oxygen atoms in total. The highest BCUT2D eigenvalue weighted by molar-refractivity contribution is 7.17. The van der Waals surface area contributed by atoms with Crippen LogP contribution >= 0.6 is 11.3 Å². The fraction of sp³-hybridized carbons (Fsp3) is 0.583. The standard InChI is InChI=1S/C24H26F5N5O2S/c25-20(26)15-9-17(31-11-24(27,28)29)30-10-16(15)19-18(23(36)34-13-5-6-14(34)8-7-13)33-22(37-19)21(35)32-12-3-1-2-4-12/h9-10,12-14,20H,1-8,11H2,(H,30,31)(H,32,35). The fourth-order valence-corrected chi connectivity index (χ4v) is 6.55. The topological polar surface area (TPSA) is 87.2 Å². The molecule has 2 aromatic rings. The molecule has 2 N–H and O–H groups in total. The largest absolute Gasteiger partial charge is 0.405 e. The minimum atomic E-state index is -4.56. The van der Waals surface area contributed by atoms with Gasteiger partial charge in [0, 0.05) is 35.4 Å². The van der Waals surface area contributed by atoms with Gasteiger partial charge in [-0.25, -0.2) is 18.7 Å². The van der Waals surface area contributed by atoms with Crippen molar-refractivity contribution in [3.05, 3.63) is 28.5 Å². The minimum Gasteiger partial charge on any atom is -0.361 e. The van der Waals surface area contributed by atoms with Crippen molar-refractivity contribution in [1.82, 2.24) is 20.2 Å². The number of thiazole rings is 1. The molecule has 2 bridgehead atoms. The molecule has 0 radical (unpaired) electrons. The lowest BCUT2D eigenvalue weighted by Crippen LogP contribution is -2.36. The number of alkyl halides is 5. The summed E-state index contributed by atoms with van der Waals surface area (Å²) in [5.74, 6) is -1.27. The molecule has 0 aromatic carbocycles. The number of fused-ring (bicyclic) bond motifs is 2. The Labute approximate surface area is 213 Å². The number of anilines is 1. The van der Waals surface area contributed by atoms with E-state index in [2.05, 4.69) is 15.3 Å². The van der Waals surface area contributed by atoms with Crippen molar-refractivity contribution < 1.29 is 31.5 Å². The van der Waals surface area contributed by atoms with Gasteiger partial charge in [-0.05, 0) is 44.6 Å². The Morgan fingerprint density at radius 1 is 1.08 bits per heavy atom. The highest BCUT2D eigenvalue weighted by Crippen LogP contribution is 2.42. The van der Waals surface area contributed by atoms with Gasteiger partial charge in [0.25, 0.3) is 18.2 Å². The van der Waals surface area contributed by atoms with E-state index in [0.717, 1.165) is 75.0 Å². The Morgan fingerprint density at radius 2 is 1.73 bits per heavy atom. The van der Waals surface area contributed by atoms with E-state index in [0.29, 0.717) is 0 Å². The van der Waals surface area contributed by atoms with Crippen LogP contribution < -0.4 is 10.6 Å². The predicted octanol–water partition coefficient (Wildman–Crippen LogP) is 5.56. The Balaban J connectivity index is 1.52. The number of halogens is 5. The van der Waals surface area contributed by atoms with Crippen molar-refractivity contribution in [2.24, 2.45) is 0 Å². The monoisotopic (exact) mass is 543 g/mol. The van der Waals surface area contributed by atoms with Crippen LogP contribution in [0.5, 0.6) is 0 Å². The number of rotatable bonds is 7. The third kappa shape index (κ3) is 5.41. The lowest BCUT2D eigenvalue weighted by molar-refractivity contribution is -0.115. The van der Waals surface area contributed by atoms with E-state index >= 15 is 0 Å². The van der Waals surface area contributed by atoms with E-state index in [1.165, 1.54) is 0 Å². The summed E-state index contributed by atoms with van der Waals surface area (Å²) in [6.07, 6.45) is 0.471. The van der Waals surface area contributed by atoms with Crippen LogP contribution in [0.2, 0.25) is 0 Å². The second kappa shape index (κ2) is 10.1. The number of aromatic nitrogens is 2. The molecule has 2 aliphatic heterocycles. The summed E-state index contributed by atoms with van der Waals surface area (Å²) < 4.78 is 66.0. The van der Waals surface area contributed by atoms with Crippen molar-refractivity contribution in [2.45, 2.75) is 82.1 Å². The zero-order valence-corrected chi connectivity index (χ0v) is 20.6. The molecule has 37 heavy (non-hydrogen) atoms. The van der Waals surface area contributed by atoms with Crippen molar-refractivity contribution in [1.29, 1.82) is 0 Å². The smallest absolute Gasteiger partial charge is 0.361 e. The molecule has 0 atom stereocenters. The van der Waals surface area contributed by atoms with E-state index < -0.39 is 36.5 Å². The van der Waals surface area contributed by atoms with E-state index in [9.17, 15) is 31.5 Å². The van der Waals surface area contributed by atoms with Crippen LogP contribution in [0.1, 0.15) is 83.6 Å². The molecule has 5 rings (SSSR count). The normalized spacial score (nSPS) is 21.7. The van der Waals surface area contributed by atoms with Crippen LogP contribution in [0.4, 0.5) is 27.8 Å². The number of pyridine rings is 1. The number of nitrogens with one attached hydrogen (secondary N) is 2. The number of carbonyl (C=O) groups is 2. The number of hydrogen-bond donors (Lipinski definition) is 2. The van der Waals surface area contributed by atoms with Gasteiger partial charge < -0.3 is 15.5 Å². The SMILES string of the molecule is O=C(NC1CCCC1)c1nc(C(=O)N2C3CCC2CC3)c(-c2cnc(NCC(F)(F)F)cc2C(F)F)s1. The molecule has 4 heterocycles. The molecular formula is C24H26F5N5O2S. The summed E-state index contributed by atoms with van der Waals surface area (Å²) in [6.45, 7) is -1.43. The summed E-state index contributed by atoms with van der Waals surface area (Å²) in [5, 5.41) is 4.89. The van der Waals surface area contributed by atoms with E-state index in [4.69, 9.17) is 0 Å². The molecule has 13 heteroatoms. The second-order valence-corrected chi connectivity index (χ2v) is 10.8. The maximum Gasteiger partial charge on any atom is 0.405 e. The first-order chi connectivity index (χ1) is 17.6. The lowest BCUT2D eigenvalue weighted by atomic mass is 10.0. The summed E-state index contributed by atoms with van der Waals surface area (Å²) in [7, 11) is 0. The van der Waals surface area contributed by atoms with Crippen LogP contribution in [0.25, 0.3) is 10.4 Å². The summed E-state index contributed by atoms with van der Waals surface area (Å²) in [4.78, 5) is 36.6. The van der Waals surface area contributed by atoms with Crippen molar-refractivity contribution >= 4 is 29.0 Å². The third-order valence-electron chi connectivity index (χ3n) is 7.29. The Hall–Kier alpha value is -2.83. The fourth-order valence-electron chi connectivity index (χ4n) is 5.56. The Kier molecular flexibility index (Phi) is 7.08. The molecule has 3 aliphatic rings. The Morgan fingerprint density at radius 3 is 2.32 bits per heavy atom. The van der Waals surface area contributed by atoms with Crippen molar-refractivity contribution in [2.75, 3.05) is 11.9 Å². The molecule has 2 saturated heterocycles. The molecule has 0 spiro atoms. The lowest BCUT2D eigenvalue weighted by Gasteiger charge is -2.22. The number of nitrogens with zero attached hydrogens (tertiary/aromatic N) is 3.